The average Bonchev–Trinajstić information content (AvgIpc) is 2.90. The van der Waals surface area contributed by atoms with E-state index in [2.05, 4.69) is 21.2 Å². The molecule has 2 amide bonds. The molecule has 1 saturated heterocycles. The molecule has 0 aliphatic carbocycles. The number of hydrogen-bond acceptors (Lipinski definition) is 2. The lowest BCUT2D eigenvalue weighted by Gasteiger charge is -2.16. The van der Waals surface area contributed by atoms with Crippen LogP contribution < -0.4 is 10.2 Å². The standard InChI is InChI=1S/C17H14BrFN2O2/c18-12-4-6-15(7-5-12)21-10-11(8-16(21)22)17(23)20-14-3-1-2-13(19)9-14/h1-7,9,11H,8,10H2,(H,20,23)/t11-/m1/s1. The van der Waals surface area contributed by atoms with Gasteiger partial charge in [-0.3, -0.25) is 9.59 Å². The van der Waals surface area contributed by atoms with Crippen LogP contribution >= 0.6 is 15.9 Å². The minimum absolute atomic E-state index is 0.0910. The SMILES string of the molecule is O=C(Nc1cccc(F)c1)[C@@H]1CC(=O)N(c2ccc(Br)cc2)C1. The molecule has 1 fully saturated rings. The molecule has 1 heterocycles. The van der Waals surface area contributed by atoms with Crippen molar-refractivity contribution in [3.8, 4) is 0 Å². The third kappa shape index (κ3) is 3.59. The maximum atomic E-state index is 13.2. The molecule has 0 unspecified atom stereocenters. The van der Waals surface area contributed by atoms with Gasteiger partial charge in [-0.2, -0.15) is 0 Å². The van der Waals surface area contributed by atoms with Crippen molar-refractivity contribution in [3.63, 3.8) is 0 Å². The van der Waals surface area contributed by atoms with Gasteiger partial charge in [0.1, 0.15) is 5.82 Å². The molecule has 2 aromatic rings. The molecule has 1 aliphatic heterocycles. The highest BCUT2D eigenvalue weighted by molar-refractivity contribution is 9.10. The number of rotatable bonds is 3. The third-order valence-corrected chi connectivity index (χ3v) is 4.25. The molecule has 0 bridgehead atoms. The summed E-state index contributed by atoms with van der Waals surface area (Å²) in [5, 5.41) is 2.66. The Kier molecular flexibility index (Phi) is 4.43. The maximum Gasteiger partial charge on any atom is 0.229 e. The highest BCUT2D eigenvalue weighted by Gasteiger charge is 2.35. The highest BCUT2D eigenvalue weighted by Crippen LogP contribution is 2.27. The van der Waals surface area contributed by atoms with Crippen molar-refractivity contribution in [2.75, 3.05) is 16.8 Å². The molecule has 1 N–H and O–H groups in total. The molecule has 118 valence electrons. The van der Waals surface area contributed by atoms with Crippen LogP contribution in [0.2, 0.25) is 0 Å². The molecule has 0 spiro atoms. The largest absolute Gasteiger partial charge is 0.326 e. The average molecular weight is 377 g/mol. The zero-order chi connectivity index (χ0) is 16.4. The van der Waals surface area contributed by atoms with Gasteiger partial charge in [0.2, 0.25) is 11.8 Å². The second-order valence-electron chi connectivity index (χ2n) is 5.38. The summed E-state index contributed by atoms with van der Waals surface area (Å²) in [5.41, 5.74) is 1.16. The van der Waals surface area contributed by atoms with E-state index in [0.717, 1.165) is 10.2 Å². The fourth-order valence-corrected chi connectivity index (χ4v) is 2.83. The molecule has 0 aromatic heterocycles. The van der Waals surface area contributed by atoms with E-state index >= 15 is 0 Å². The summed E-state index contributed by atoms with van der Waals surface area (Å²) in [6, 6.07) is 13.1. The van der Waals surface area contributed by atoms with E-state index in [-0.39, 0.29) is 18.2 Å². The number of benzene rings is 2. The molecule has 1 atom stereocenters. The lowest BCUT2D eigenvalue weighted by Crippen LogP contribution is -2.28. The lowest BCUT2D eigenvalue weighted by molar-refractivity contribution is -0.122. The summed E-state index contributed by atoms with van der Waals surface area (Å²) in [6.07, 6.45) is 0.150. The van der Waals surface area contributed by atoms with Crippen LogP contribution in [-0.2, 0) is 9.59 Å². The van der Waals surface area contributed by atoms with Crippen LogP contribution in [-0.4, -0.2) is 18.4 Å². The summed E-state index contributed by atoms with van der Waals surface area (Å²) >= 11 is 3.35. The van der Waals surface area contributed by atoms with Crippen LogP contribution in [0.3, 0.4) is 0 Å². The quantitative estimate of drug-likeness (QED) is 0.889. The number of nitrogens with one attached hydrogen (secondary N) is 1. The Morgan fingerprint density at radius 3 is 2.65 bits per heavy atom. The molecule has 0 radical (unpaired) electrons. The van der Waals surface area contributed by atoms with Crippen molar-refractivity contribution in [2.45, 2.75) is 6.42 Å². The van der Waals surface area contributed by atoms with Crippen LogP contribution in [0.15, 0.2) is 53.0 Å². The van der Waals surface area contributed by atoms with Gasteiger partial charge in [0.25, 0.3) is 0 Å². The van der Waals surface area contributed by atoms with Crippen molar-refractivity contribution in [2.24, 2.45) is 5.92 Å². The van der Waals surface area contributed by atoms with E-state index in [1.807, 2.05) is 24.3 Å². The monoisotopic (exact) mass is 376 g/mol. The van der Waals surface area contributed by atoms with Crippen molar-refractivity contribution >= 4 is 39.1 Å². The minimum atomic E-state index is -0.450. The van der Waals surface area contributed by atoms with Gasteiger partial charge in [0.15, 0.2) is 0 Å². The molecule has 6 heteroatoms. The Hall–Kier alpha value is -2.21. The summed E-state index contributed by atoms with van der Waals surface area (Å²) in [7, 11) is 0. The fourth-order valence-electron chi connectivity index (χ4n) is 2.56. The normalized spacial score (nSPS) is 17.4. The predicted octanol–water partition coefficient (Wildman–Crippen LogP) is 3.58. The molecule has 2 aromatic carbocycles. The Bertz CT molecular complexity index is 749. The maximum absolute atomic E-state index is 13.2. The van der Waals surface area contributed by atoms with E-state index in [1.165, 1.54) is 18.2 Å². The molecule has 1 aliphatic rings. The molecule has 0 saturated carbocycles. The van der Waals surface area contributed by atoms with Crippen LogP contribution in [0.4, 0.5) is 15.8 Å². The Labute approximate surface area is 141 Å². The highest BCUT2D eigenvalue weighted by atomic mass is 79.9. The van der Waals surface area contributed by atoms with E-state index in [9.17, 15) is 14.0 Å². The van der Waals surface area contributed by atoms with Gasteiger partial charge in [-0.25, -0.2) is 4.39 Å². The first-order valence-corrected chi connectivity index (χ1v) is 7.94. The number of amides is 2. The van der Waals surface area contributed by atoms with Gasteiger partial charge >= 0.3 is 0 Å². The van der Waals surface area contributed by atoms with Crippen molar-refractivity contribution in [1.29, 1.82) is 0 Å². The summed E-state index contributed by atoms with van der Waals surface area (Å²) in [5.74, 6) is -1.23. The van der Waals surface area contributed by atoms with Crippen LogP contribution in [0.5, 0.6) is 0 Å². The second kappa shape index (κ2) is 6.50. The molecule has 3 rings (SSSR count). The van der Waals surface area contributed by atoms with E-state index in [0.29, 0.717) is 12.2 Å². The molecule has 23 heavy (non-hydrogen) atoms. The van der Waals surface area contributed by atoms with Gasteiger partial charge in [-0.05, 0) is 42.5 Å². The van der Waals surface area contributed by atoms with Crippen LogP contribution in [0.1, 0.15) is 6.42 Å². The topological polar surface area (TPSA) is 49.4 Å². The van der Waals surface area contributed by atoms with Gasteiger partial charge in [0.05, 0.1) is 5.92 Å². The Morgan fingerprint density at radius 2 is 1.96 bits per heavy atom. The van der Waals surface area contributed by atoms with Gasteiger partial charge in [-0.15, -0.1) is 0 Å². The summed E-state index contributed by atoms with van der Waals surface area (Å²) in [4.78, 5) is 26.0. The first-order chi connectivity index (χ1) is 11.0. The third-order valence-electron chi connectivity index (χ3n) is 3.73. The predicted molar refractivity (Wildman–Crippen MR) is 89.6 cm³/mol. The van der Waals surface area contributed by atoms with Gasteiger partial charge in [0, 0.05) is 28.8 Å². The smallest absolute Gasteiger partial charge is 0.229 e. The van der Waals surface area contributed by atoms with Crippen molar-refractivity contribution in [1.82, 2.24) is 0 Å². The number of anilines is 2. The number of carbonyl (C=O) groups excluding carboxylic acids is 2. The van der Waals surface area contributed by atoms with Crippen molar-refractivity contribution < 1.29 is 14.0 Å². The number of hydrogen-bond donors (Lipinski definition) is 1. The van der Waals surface area contributed by atoms with Gasteiger partial charge in [-0.1, -0.05) is 22.0 Å². The summed E-state index contributed by atoms with van der Waals surface area (Å²) in [6.45, 7) is 0.321. The van der Waals surface area contributed by atoms with E-state index in [4.69, 9.17) is 0 Å². The zero-order valence-electron chi connectivity index (χ0n) is 12.1. The number of carbonyl (C=O) groups is 2. The van der Waals surface area contributed by atoms with E-state index in [1.54, 1.807) is 11.0 Å². The Morgan fingerprint density at radius 1 is 1.22 bits per heavy atom. The zero-order valence-corrected chi connectivity index (χ0v) is 13.7. The summed E-state index contributed by atoms with van der Waals surface area (Å²) < 4.78 is 14.1. The number of nitrogens with zero attached hydrogens (tertiary/aromatic N) is 1. The van der Waals surface area contributed by atoms with Crippen LogP contribution in [0.25, 0.3) is 0 Å². The number of halogens is 2. The van der Waals surface area contributed by atoms with Crippen molar-refractivity contribution in [3.05, 3.63) is 58.8 Å². The minimum Gasteiger partial charge on any atom is -0.326 e. The molecular weight excluding hydrogens is 363 g/mol. The Balaban J connectivity index is 1.69. The van der Waals surface area contributed by atoms with Gasteiger partial charge < -0.3 is 10.2 Å². The first-order valence-electron chi connectivity index (χ1n) is 7.15. The molecule has 4 nitrogen and oxygen atoms in total. The second-order valence-corrected chi connectivity index (χ2v) is 6.30. The molecular formula is C17H14BrFN2O2. The van der Waals surface area contributed by atoms with E-state index < -0.39 is 11.7 Å². The lowest BCUT2D eigenvalue weighted by atomic mass is 10.1. The fraction of sp³-hybridized carbons (Fsp3) is 0.176. The van der Waals surface area contributed by atoms with Crippen LogP contribution in [0, 0.1) is 11.7 Å². The first kappa shape index (κ1) is 15.7.